The van der Waals surface area contributed by atoms with Crippen molar-refractivity contribution in [3.05, 3.63) is 34.4 Å². The van der Waals surface area contributed by atoms with E-state index in [9.17, 15) is 15.3 Å². The Balaban J connectivity index is 2.13. The van der Waals surface area contributed by atoms with Gasteiger partial charge >= 0.3 is 0 Å². The first kappa shape index (κ1) is 18.2. The van der Waals surface area contributed by atoms with E-state index in [2.05, 4.69) is 0 Å². The van der Waals surface area contributed by atoms with Crippen LogP contribution in [0.25, 0.3) is 0 Å². The summed E-state index contributed by atoms with van der Waals surface area (Å²) in [5, 5.41) is 31.8. The van der Waals surface area contributed by atoms with E-state index in [1.165, 1.54) is 7.11 Å². The molecule has 5 atom stereocenters. The molecule has 3 N–H and O–H groups in total. The Morgan fingerprint density at radius 1 is 1.32 bits per heavy atom. The van der Waals surface area contributed by atoms with E-state index in [1.807, 2.05) is 19.9 Å². The number of methoxy groups -OCH3 is 1. The average Bonchev–Trinajstić information content (AvgIpc) is 2.98. The number of aliphatic hydroxyl groups excluding tert-OH is 1. The molecule has 25 heavy (non-hydrogen) atoms. The summed E-state index contributed by atoms with van der Waals surface area (Å²) in [6.07, 6.45) is 2.83. The fourth-order valence-electron chi connectivity index (χ4n) is 4.29. The summed E-state index contributed by atoms with van der Waals surface area (Å²) in [5.74, 6) is 0.130. The maximum atomic E-state index is 10.9. The van der Waals surface area contributed by atoms with Crippen LogP contribution in [0.5, 0.6) is 11.5 Å². The normalized spacial score (nSPS) is 29.0. The van der Waals surface area contributed by atoms with Crippen LogP contribution in [-0.2, 0) is 15.9 Å². The van der Waals surface area contributed by atoms with Crippen LogP contribution in [0.4, 0.5) is 0 Å². The molecule has 0 unspecified atom stereocenters. The Morgan fingerprint density at radius 2 is 2.04 bits per heavy atom. The van der Waals surface area contributed by atoms with Gasteiger partial charge < -0.3 is 24.8 Å². The number of benzene rings is 1. The summed E-state index contributed by atoms with van der Waals surface area (Å²) >= 11 is 0. The number of aliphatic hydroxyl groups is 1. The van der Waals surface area contributed by atoms with Crippen LogP contribution in [0.1, 0.15) is 62.5 Å². The predicted octanol–water partition coefficient (Wildman–Crippen LogP) is 3.52. The van der Waals surface area contributed by atoms with Crippen molar-refractivity contribution in [2.24, 2.45) is 5.92 Å². The fourth-order valence-corrected chi connectivity index (χ4v) is 4.29. The molecule has 0 aromatic heterocycles. The Hall–Kier alpha value is -1.56. The summed E-state index contributed by atoms with van der Waals surface area (Å²) in [7, 11) is 1.54. The number of hydrogen-bond acceptors (Lipinski definition) is 5. The van der Waals surface area contributed by atoms with Crippen LogP contribution in [0.2, 0.25) is 0 Å². The van der Waals surface area contributed by atoms with Gasteiger partial charge in [0.1, 0.15) is 11.5 Å². The van der Waals surface area contributed by atoms with Crippen LogP contribution < -0.4 is 0 Å². The van der Waals surface area contributed by atoms with Crippen LogP contribution in [0.15, 0.2) is 17.7 Å². The van der Waals surface area contributed by atoms with E-state index < -0.39 is 12.4 Å². The molecule has 1 aromatic carbocycles. The second kappa shape index (κ2) is 6.98. The quantitative estimate of drug-likeness (QED) is 0.573. The number of ether oxygens (including phenoxy) is 2. The predicted molar refractivity (Wildman–Crippen MR) is 94.7 cm³/mol. The molecule has 1 aliphatic carbocycles. The topological polar surface area (TPSA) is 79.2 Å². The third-order valence-electron chi connectivity index (χ3n) is 5.51. The van der Waals surface area contributed by atoms with Crippen LogP contribution in [0.3, 0.4) is 0 Å². The van der Waals surface area contributed by atoms with Gasteiger partial charge in [-0.2, -0.15) is 0 Å². The lowest BCUT2D eigenvalue weighted by Crippen LogP contribution is -2.33. The minimum Gasteiger partial charge on any atom is -0.508 e. The Labute approximate surface area is 148 Å². The zero-order chi connectivity index (χ0) is 18.3. The number of hydrogen-bond donors (Lipinski definition) is 3. The summed E-state index contributed by atoms with van der Waals surface area (Å²) in [5.41, 5.74) is 2.97. The lowest BCUT2D eigenvalue weighted by molar-refractivity contribution is -0.174. The molecule has 1 fully saturated rings. The molecule has 0 saturated heterocycles. The average molecular weight is 348 g/mol. The molecule has 0 spiro atoms. The molecule has 5 heteroatoms. The maximum Gasteiger partial charge on any atom is 0.187 e. The van der Waals surface area contributed by atoms with Gasteiger partial charge in [0.15, 0.2) is 6.29 Å². The third kappa shape index (κ3) is 3.16. The fraction of sp³-hybridized carbons (Fsp3) is 0.600. The zero-order valence-corrected chi connectivity index (χ0v) is 15.3. The van der Waals surface area contributed by atoms with Gasteiger partial charge in [0.05, 0.1) is 17.8 Å². The van der Waals surface area contributed by atoms with Crippen molar-refractivity contribution in [1.82, 2.24) is 0 Å². The summed E-state index contributed by atoms with van der Waals surface area (Å²) < 4.78 is 11.5. The highest BCUT2D eigenvalue weighted by Gasteiger charge is 2.48. The van der Waals surface area contributed by atoms with Gasteiger partial charge in [-0.25, -0.2) is 0 Å². The standard InChI is InChI=1S/C20H28O5/c1-10(2)5-6-12-9-14(22)17-16-13(11(3)21)7-8-15(16)25-20(24-4)18(17)19(12)23/h5,9,11,13,15-16,20-23H,6-8H2,1-4H3/t11-,13-,15-,16-,20-/m0/s1. The van der Waals surface area contributed by atoms with Crippen molar-refractivity contribution < 1.29 is 24.8 Å². The van der Waals surface area contributed by atoms with E-state index in [-0.39, 0.29) is 29.4 Å². The third-order valence-corrected chi connectivity index (χ3v) is 5.51. The zero-order valence-electron chi connectivity index (χ0n) is 15.3. The lowest BCUT2D eigenvalue weighted by Gasteiger charge is -2.38. The number of allylic oxidation sites excluding steroid dienone is 2. The largest absolute Gasteiger partial charge is 0.508 e. The van der Waals surface area contributed by atoms with E-state index in [0.717, 1.165) is 18.4 Å². The monoisotopic (exact) mass is 348 g/mol. The molecule has 2 aliphatic rings. The van der Waals surface area contributed by atoms with Gasteiger partial charge in [-0.05, 0) is 52.0 Å². The maximum absolute atomic E-state index is 10.9. The molecule has 0 amide bonds. The van der Waals surface area contributed by atoms with Crippen molar-refractivity contribution in [3.63, 3.8) is 0 Å². The van der Waals surface area contributed by atoms with Gasteiger partial charge in [-0.3, -0.25) is 0 Å². The first-order chi connectivity index (χ1) is 11.8. The van der Waals surface area contributed by atoms with E-state index in [0.29, 0.717) is 23.1 Å². The SMILES string of the molecule is CO[C@H]1O[C@H]2CC[C@@H]([C@H](C)O)[C@@H]2c2c(O)cc(CC=C(C)C)c(O)c21. The van der Waals surface area contributed by atoms with Crippen LogP contribution >= 0.6 is 0 Å². The van der Waals surface area contributed by atoms with Crippen LogP contribution in [0, 0.1) is 5.92 Å². The second-order valence-electron chi connectivity index (χ2n) is 7.47. The smallest absolute Gasteiger partial charge is 0.187 e. The van der Waals surface area contributed by atoms with Gasteiger partial charge in [0.25, 0.3) is 0 Å². The first-order valence-electron chi connectivity index (χ1n) is 8.92. The van der Waals surface area contributed by atoms with Crippen molar-refractivity contribution in [2.45, 2.75) is 64.4 Å². The van der Waals surface area contributed by atoms with Crippen molar-refractivity contribution in [1.29, 1.82) is 0 Å². The molecule has 1 heterocycles. The minimum absolute atomic E-state index is 0.00418. The first-order valence-corrected chi connectivity index (χ1v) is 8.92. The number of phenols is 2. The number of aromatic hydroxyl groups is 2. The Bertz CT molecular complexity index is 675. The van der Waals surface area contributed by atoms with E-state index in [4.69, 9.17) is 9.47 Å². The molecule has 1 aromatic rings. The molecular weight excluding hydrogens is 320 g/mol. The van der Waals surface area contributed by atoms with Crippen molar-refractivity contribution in [2.75, 3.05) is 7.11 Å². The highest BCUT2D eigenvalue weighted by Crippen LogP contribution is 2.55. The second-order valence-corrected chi connectivity index (χ2v) is 7.47. The molecule has 3 rings (SSSR count). The highest BCUT2D eigenvalue weighted by molar-refractivity contribution is 5.57. The number of rotatable bonds is 4. The van der Waals surface area contributed by atoms with Crippen molar-refractivity contribution >= 4 is 0 Å². The van der Waals surface area contributed by atoms with Gasteiger partial charge in [-0.1, -0.05) is 11.6 Å². The molecule has 138 valence electrons. The van der Waals surface area contributed by atoms with Gasteiger partial charge in [-0.15, -0.1) is 0 Å². The molecule has 1 aliphatic heterocycles. The molecule has 1 saturated carbocycles. The number of fused-ring (bicyclic) bond motifs is 3. The molecule has 5 nitrogen and oxygen atoms in total. The minimum atomic E-state index is -0.707. The summed E-state index contributed by atoms with van der Waals surface area (Å²) in [6.45, 7) is 5.76. The van der Waals surface area contributed by atoms with Gasteiger partial charge in [0.2, 0.25) is 0 Å². The van der Waals surface area contributed by atoms with Crippen LogP contribution in [-0.4, -0.2) is 34.6 Å². The molecular formula is C20H28O5. The molecule has 0 bridgehead atoms. The van der Waals surface area contributed by atoms with E-state index in [1.54, 1.807) is 13.0 Å². The summed E-state index contributed by atoms with van der Waals surface area (Å²) in [6, 6.07) is 1.64. The van der Waals surface area contributed by atoms with Gasteiger partial charge in [0, 0.05) is 24.2 Å². The highest BCUT2D eigenvalue weighted by atomic mass is 16.7. The lowest BCUT2D eigenvalue weighted by atomic mass is 9.79. The van der Waals surface area contributed by atoms with E-state index >= 15 is 0 Å². The Morgan fingerprint density at radius 3 is 2.64 bits per heavy atom. The Kier molecular flexibility index (Phi) is 5.09. The van der Waals surface area contributed by atoms with Crippen molar-refractivity contribution in [3.8, 4) is 11.5 Å². The molecule has 0 radical (unpaired) electrons. The number of phenolic OH excluding ortho intramolecular Hbond substituents is 2. The summed E-state index contributed by atoms with van der Waals surface area (Å²) in [4.78, 5) is 0.